The van der Waals surface area contributed by atoms with Crippen LogP contribution in [-0.4, -0.2) is 19.7 Å². The summed E-state index contributed by atoms with van der Waals surface area (Å²) in [6.07, 6.45) is 12.3. The number of rotatable bonds is 6. The number of hydrogen-bond acceptors (Lipinski definition) is 2. The minimum atomic E-state index is 0.783. The van der Waals surface area contributed by atoms with Gasteiger partial charge in [0.15, 0.2) is 0 Å². The van der Waals surface area contributed by atoms with Crippen molar-refractivity contribution in [3.8, 4) is 5.75 Å². The zero-order valence-electron chi connectivity index (χ0n) is 13.2. The smallest absolute Gasteiger partial charge is 0.119 e. The van der Waals surface area contributed by atoms with Gasteiger partial charge in [0.25, 0.3) is 0 Å². The van der Waals surface area contributed by atoms with E-state index in [2.05, 4.69) is 23.5 Å². The zero-order chi connectivity index (χ0) is 14.3. The first-order valence-corrected chi connectivity index (χ1v) is 8.87. The van der Waals surface area contributed by atoms with Crippen LogP contribution in [-0.2, 0) is 12.8 Å². The van der Waals surface area contributed by atoms with Crippen LogP contribution in [0.2, 0.25) is 0 Å². The number of aryl methyl sites for hydroxylation is 2. The van der Waals surface area contributed by atoms with Gasteiger partial charge in [0.1, 0.15) is 12.4 Å². The lowest BCUT2D eigenvalue weighted by Crippen LogP contribution is -2.28. The molecule has 2 aliphatic rings. The first-order chi connectivity index (χ1) is 10.4. The van der Waals surface area contributed by atoms with E-state index in [9.17, 15) is 0 Å². The Morgan fingerprint density at radius 2 is 1.76 bits per heavy atom. The SMILES string of the molecule is c1cc2c(cc1OCCNCC1CCCCC1)CCCC2. The Morgan fingerprint density at radius 1 is 0.952 bits per heavy atom. The van der Waals surface area contributed by atoms with Gasteiger partial charge < -0.3 is 10.1 Å². The summed E-state index contributed by atoms with van der Waals surface area (Å²) in [6, 6.07) is 6.67. The van der Waals surface area contributed by atoms with Crippen molar-refractivity contribution in [3.63, 3.8) is 0 Å². The van der Waals surface area contributed by atoms with E-state index in [1.165, 1.54) is 75.5 Å². The Hall–Kier alpha value is -1.02. The molecule has 1 aromatic rings. The zero-order valence-corrected chi connectivity index (χ0v) is 13.2. The molecule has 0 heterocycles. The van der Waals surface area contributed by atoms with Crippen LogP contribution in [0.25, 0.3) is 0 Å². The first kappa shape index (κ1) is 14.9. The van der Waals surface area contributed by atoms with E-state index in [1.54, 1.807) is 0 Å². The Morgan fingerprint density at radius 3 is 2.62 bits per heavy atom. The van der Waals surface area contributed by atoms with E-state index in [0.29, 0.717) is 0 Å². The summed E-state index contributed by atoms with van der Waals surface area (Å²) in [5.41, 5.74) is 3.04. The molecule has 1 fully saturated rings. The van der Waals surface area contributed by atoms with Gasteiger partial charge in [-0.05, 0) is 74.2 Å². The second-order valence-corrected chi connectivity index (χ2v) is 6.69. The lowest BCUT2D eigenvalue weighted by Gasteiger charge is -2.21. The molecule has 2 nitrogen and oxygen atoms in total. The Kier molecular flexibility index (Phi) is 5.56. The first-order valence-electron chi connectivity index (χ1n) is 8.87. The summed E-state index contributed by atoms with van der Waals surface area (Å²) in [5.74, 6) is 1.96. The lowest BCUT2D eigenvalue weighted by atomic mass is 9.89. The molecule has 0 unspecified atom stereocenters. The summed E-state index contributed by atoms with van der Waals surface area (Å²) < 4.78 is 5.90. The molecule has 1 saturated carbocycles. The van der Waals surface area contributed by atoms with Crippen molar-refractivity contribution in [1.82, 2.24) is 5.32 Å². The highest BCUT2D eigenvalue weighted by Gasteiger charge is 2.12. The van der Waals surface area contributed by atoms with E-state index in [4.69, 9.17) is 4.74 Å². The average molecular weight is 287 g/mol. The topological polar surface area (TPSA) is 21.3 Å². The van der Waals surface area contributed by atoms with Gasteiger partial charge in [-0.3, -0.25) is 0 Å². The Balaban J connectivity index is 1.35. The normalized spacial score (nSPS) is 19.2. The van der Waals surface area contributed by atoms with Crippen LogP contribution in [0.15, 0.2) is 18.2 Å². The van der Waals surface area contributed by atoms with Crippen molar-refractivity contribution in [2.75, 3.05) is 19.7 Å². The van der Waals surface area contributed by atoms with Gasteiger partial charge in [-0.1, -0.05) is 25.3 Å². The highest BCUT2D eigenvalue weighted by atomic mass is 16.5. The summed E-state index contributed by atoms with van der Waals surface area (Å²) in [5, 5.41) is 3.56. The molecule has 3 rings (SSSR count). The largest absolute Gasteiger partial charge is 0.492 e. The number of ether oxygens (including phenoxy) is 1. The van der Waals surface area contributed by atoms with Gasteiger partial charge in [0.2, 0.25) is 0 Å². The van der Waals surface area contributed by atoms with Crippen molar-refractivity contribution in [3.05, 3.63) is 29.3 Å². The van der Waals surface area contributed by atoms with Crippen LogP contribution < -0.4 is 10.1 Å². The van der Waals surface area contributed by atoms with Crippen LogP contribution in [0.3, 0.4) is 0 Å². The Labute approximate surface area is 129 Å². The molecule has 0 aromatic heterocycles. The molecule has 0 amide bonds. The highest BCUT2D eigenvalue weighted by Crippen LogP contribution is 2.25. The molecule has 21 heavy (non-hydrogen) atoms. The predicted octanol–water partition coefficient (Wildman–Crippen LogP) is 4.11. The molecule has 0 spiro atoms. The van der Waals surface area contributed by atoms with Gasteiger partial charge >= 0.3 is 0 Å². The molecule has 1 N–H and O–H groups in total. The van der Waals surface area contributed by atoms with Gasteiger partial charge in [-0.15, -0.1) is 0 Å². The van der Waals surface area contributed by atoms with Gasteiger partial charge in [-0.2, -0.15) is 0 Å². The van der Waals surface area contributed by atoms with Crippen molar-refractivity contribution >= 4 is 0 Å². The fourth-order valence-corrected chi connectivity index (χ4v) is 3.74. The third-order valence-electron chi connectivity index (χ3n) is 5.03. The van der Waals surface area contributed by atoms with E-state index >= 15 is 0 Å². The van der Waals surface area contributed by atoms with Gasteiger partial charge in [-0.25, -0.2) is 0 Å². The monoisotopic (exact) mass is 287 g/mol. The Bertz CT molecular complexity index is 437. The van der Waals surface area contributed by atoms with Crippen LogP contribution in [0.1, 0.15) is 56.1 Å². The molecule has 0 bridgehead atoms. The highest BCUT2D eigenvalue weighted by molar-refractivity contribution is 5.37. The van der Waals surface area contributed by atoms with Crippen LogP contribution >= 0.6 is 0 Å². The maximum atomic E-state index is 5.90. The summed E-state index contributed by atoms with van der Waals surface area (Å²) >= 11 is 0. The number of benzene rings is 1. The minimum Gasteiger partial charge on any atom is -0.492 e. The second-order valence-electron chi connectivity index (χ2n) is 6.69. The number of nitrogens with one attached hydrogen (secondary N) is 1. The lowest BCUT2D eigenvalue weighted by molar-refractivity contribution is 0.294. The van der Waals surface area contributed by atoms with Crippen LogP contribution in [0.4, 0.5) is 0 Å². The molecule has 116 valence electrons. The second kappa shape index (κ2) is 7.84. The maximum absolute atomic E-state index is 5.90. The molecule has 2 heteroatoms. The molecular formula is C19H29NO. The predicted molar refractivity (Wildman–Crippen MR) is 88.0 cm³/mol. The average Bonchev–Trinajstić information content (AvgIpc) is 2.55. The fourth-order valence-electron chi connectivity index (χ4n) is 3.74. The number of fused-ring (bicyclic) bond motifs is 1. The van der Waals surface area contributed by atoms with E-state index in [1.807, 2.05) is 0 Å². The molecule has 0 atom stereocenters. The van der Waals surface area contributed by atoms with Crippen LogP contribution in [0, 0.1) is 5.92 Å². The summed E-state index contributed by atoms with van der Waals surface area (Å²) in [4.78, 5) is 0. The molecule has 1 aromatic carbocycles. The molecule has 0 radical (unpaired) electrons. The van der Waals surface area contributed by atoms with Gasteiger partial charge in [0, 0.05) is 6.54 Å². The van der Waals surface area contributed by atoms with Crippen molar-refractivity contribution < 1.29 is 4.74 Å². The van der Waals surface area contributed by atoms with E-state index in [0.717, 1.165) is 24.8 Å². The number of hydrogen-bond donors (Lipinski definition) is 1. The molecule has 0 saturated heterocycles. The third kappa shape index (κ3) is 4.47. The van der Waals surface area contributed by atoms with Crippen molar-refractivity contribution in [2.24, 2.45) is 5.92 Å². The molecule has 2 aliphatic carbocycles. The van der Waals surface area contributed by atoms with E-state index < -0.39 is 0 Å². The van der Waals surface area contributed by atoms with Crippen LogP contribution in [0.5, 0.6) is 5.75 Å². The third-order valence-corrected chi connectivity index (χ3v) is 5.03. The quantitative estimate of drug-likeness (QED) is 0.795. The minimum absolute atomic E-state index is 0.783. The molecule has 0 aliphatic heterocycles. The fraction of sp³-hybridized carbons (Fsp3) is 0.684. The van der Waals surface area contributed by atoms with Gasteiger partial charge in [0.05, 0.1) is 0 Å². The maximum Gasteiger partial charge on any atom is 0.119 e. The summed E-state index contributed by atoms with van der Waals surface area (Å²) in [6.45, 7) is 2.92. The van der Waals surface area contributed by atoms with E-state index in [-0.39, 0.29) is 0 Å². The summed E-state index contributed by atoms with van der Waals surface area (Å²) in [7, 11) is 0. The molecular weight excluding hydrogens is 258 g/mol. The standard InChI is InChI=1S/C19H29NO/c1-2-6-16(7-3-1)15-20-12-13-21-19-11-10-17-8-4-5-9-18(17)14-19/h10-11,14,16,20H,1-9,12-13,15H2. The van der Waals surface area contributed by atoms with Crippen molar-refractivity contribution in [1.29, 1.82) is 0 Å². The van der Waals surface area contributed by atoms with Crippen molar-refractivity contribution in [2.45, 2.75) is 57.8 Å².